The summed E-state index contributed by atoms with van der Waals surface area (Å²) in [5, 5.41) is 12.7. The van der Waals surface area contributed by atoms with Gasteiger partial charge >= 0.3 is 5.97 Å². The molecule has 3 saturated carbocycles. The zero-order chi connectivity index (χ0) is 25.7. The molecule has 0 bridgehead atoms. The van der Waals surface area contributed by atoms with Crippen LogP contribution in [0.15, 0.2) is 11.8 Å². The van der Waals surface area contributed by atoms with E-state index in [-0.39, 0.29) is 36.5 Å². The van der Waals surface area contributed by atoms with Crippen molar-refractivity contribution in [3.63, 3.8) is 0 Å². The van der Waals surface area contributed by atoms with E-state index in [0.29, 0.717) is 31.6 Å². The number of Topliss-reactive ketones (excluding diaryl/α,β-unsaturated/α-hetero) is 1. The second-order valence-corrected chi connectivity index (χ2v) is 11.8. The number of nitrogens with zero attached hydrogens (tertiary/aromatic N) is 2. The standard InChI is InChI=1S/C27H38FN3O6/c28-19-13-17-24-26(23(19)29-22(32)5-6-30-7-9-36-10-8-30)37-21-12-16-4-2-1-3-15(16)11-20(21)31(24)14-18(25(17)33)27(34)35/h14-17,19-21,23-24,26H,1-13H2,(H,29,32)(H,34,35). The maximum Gasteiger partial charge on any atom is 0.340 e. The quantitative estimate of drug-likeness (QED) is 0.527. The van der Waals surface area contributed by atoms with Gasteiger partial charge in [-0.2, -0.15) is 0 Å². The molecule has 0 aromatic carbocycles. The summed E-state index contributed by atoms with van der Waals surface area (Å²) in [6.07, 6.45) is 5.82. The number of carboxylic acids is 1. The number of alkyl halides is 1. The van der Waals surface area contributed by atoms with E-state index in [1.54, 1.807) is 0 Å². The minimum absolute atomic E-state index is 0.0283. The van der Waals surface area contributed by atoms with Crippen LogP contribution in [0.2, 0.25) is 0 Å². The fourth-order valence-corrected chi connectivity index (χ4v) is 7.96. The van der Waals surface area contributed by atoms with Crippen LogP contribution >= 0.6 is 0 Å². The molecule has 204 valence electrons. The molecule has 2 saturated heterocycles. The van der Waals surface area contributed by atoms with E-state index in [0.717, 1.165) is 32.4 Å². The predicted molar refractivity (Wildman–Crippen MR) is 130 cm³/mol. The number of carbonyl (C=O) groups is 3. The Labute approximate surface area is 216 Å². The van der Waals surface area contributed by atoms with Gasteiger partial charge in [0.1, 0.15) is 17.8 Å². The van der Waals surface area contributed by atoms with Crippen LogP contribution < -0.4 is 5.32 Å². The fourth-order valence-electron chi connectivity index (χ4n) is 7.96. The summed E-state index contributed by atoms with van der Waals surface area (Å²) < 4.78 is 27.7. The van der Waals surface area contributed by atoms with Gasteiger partial charge in [-0.1, -0.05) is 25.7 Å². The van der Waals surface area contributed by atoms with Crippen LogP contribution in [0.4, 0.5) is 4.39 Å². The summed E-state index contributed by atoms with van der Waals surface area (Å²) in [5.74, 6) is -1.67. The predicted octanol–water partition coefficient (Wildman–Crippen LogP) is 1.51. The van der Waals surface area contributed by atoms with Crippen molar-refractivity contribution in [2.24, 2.45) is 17.8 Å². The number of ether oxygens (including phenoxy) is 2. The van der Waals surface area contributed by atoms with Crippen LogP contribution in [0.1, 0.15) is 51.4 Å². The Kier molecular flexibility index (Phi) is 7.00. The Morgan fingerprint density at radius 1 is 1.11 bits per heavy atom. The van der Waals surface area contributed by atoms with Crippen LogP contribution in [-0.2, 0) is 23.9 Å². The smallest absolute Gasteiger partial charge is 0.340 e. The molecule has 1 amide bonds. The first-order valence-electron chi connectivity index (χ1n) is 14.1. The van der Waals surface area contributed by atoms with Gasteiger partial charge in [-0.15, -0.1) is 0 Å². The second-order valence-electron chi connectivity index (χ2n) is 11.8. The van der Waals surface area contributed by atoms with Crippen molar-refractivity contribution in [2.45, 2.75) is 87.9 Å². The maximum atomic E-state index is 15.7. The number of halogens is 1. The highest BCUT2D eigenvalue weighted by Crippen LogP contribution is 2.50. The van der Waals surface area contributed by atoms with Crippen molar-refractivity contribution < 1.29 is 33.4 Å². The lowest BCUT2D eigenvalue weighted by atomic mass is 9.65. The molecule has 0 aromatic rings. The third-order valence-electron chi connectivity index (χ3n) is 9.80. The zero-order valence-electron chi connectivity index (χ0n) is 21.2. The van der Waals surface area contributed by atoms with Crippen LogP contribution in [0.5, 0.6) is 0 Å². The molecule has 3 heterocycles. The largest absolute Gasteiger partial charge is 0.478 e. The van der Waals surface area contributed by atoms with E-state index in [2.05, 4.69) is 10.2 Å². The van der Waals surface area contributed by atoms with Gasteiger partial charge in [0.05, 0.1) is 37.4 Å². The molecular formula is C27H38FN3O6. The highest BCUT2D eigenvalue weighted by atomic mass is 19.1. The lowest BCUT2D eigenvalue weighted by molar-refractivity contribution is -0.208. The van der Waals surface area contributed by atoms with Crippen LogP contribution in [0.3, 0.4) is 0 Å². The van der Waals surface area contributed by atoms with Gasteiger partial charge in [0.25, 0.3) is 0 Å². The van der Waals surface area contributed by atoms with Gasteiger partial charge in [-0.3, -0.25) is 14.5 Å². The summed E-state index contributed by atoms with van der Waals surface area (Å²) in [5.41, 5.74) is -0.258. The van der Waals surface area contributed by atoms with E-state index in [1.807, 2.05) is 4.90 Å². The monoisotopic (exact) mass is 519 g/mol. The Hall–Kier alpha value is -2.04. The third-order valence-corrected chi connectivity index (χ3v) is 9.80. The van der Waals surface area contributed by atoms with E-state index in [9.17, 15) is 19.5 Å². The molecule has 3 aliphatic carbocycles. The molecule has 0 radical (unpaired) electrons. The molecule has 9 nitrogen and oxygen atoms in total. The van der Waals surface area contributed by atoms with Crippen molar-refractivity contribution >= 4 is 17.7 Å². The number of nitrogens with one attached hydrogen (secondary N) is 1. The first kappa shape index (κ1) is 25.2. The van der Waals surface area contributed by atoms with Crippen molar-refractivity contribution in [3.05, 3.63) is 11.8 Å². The van der Waals surface area contributed by atoms with Gasteiger partial charge in [0.15, 0.2) is 5.78 Å². The minimum Gasteiger partial charge on any atom is -0.478 e. The molecule has 0 aromatic heterocycles. The lowest BCUT2D eigenvalue weighted by Crippen LogP contribution is -2.73. The van der Waals surface area contributed by atoms with Crippen molar-refractivity contribution in [2.75, 3.05) is 32.8 Å². The number of amides is 1. The van der Waals surface area contributed by atoms with E-state index >= 15 is 4.39 Å². The number of aliphatic carboxylic acids is 1. The normalized spacial score (nSPS) is 41.6. The van der Waals surface area contributed by atoms with Gasteiger partial charge < -0.3 is 24.8 Å². The molecule has 10 heteroatoms. The van der Waals surface area contributed by atoms with Crippen molar-refractivity contribution in [1.29, 1.82) is 0 Å². The second kappa shape index (κ2) is 10.3. The molecule has 0 spiro atoms. The molecule has 37 heavy (non-hydrogen) atoms. The number of rotatable bonds is 5. The third kappa shape index (κ3) is 4.69. The molecular weight excluding hydrogens is 481 g/mol. The van der Waals surface area contributed by atoms with Crippen molar-refractivity contribution in [1.82, 2.24) is 15.1 Å². The molecule has 6 rings (SSSR count). The number of ketones is 1. The first-order chi connectivity index (χ1) is 17.9. The summed E-state index contributed by atoms with van der Waals surface area (Å²) in [7, 11) is 0. The van der Waals surface area contributed by atoms with Gasteiger partial charge in [0.2, 0.25) is 5.91 Å². The fraction of sp³-hybridized carbons (Fsp3) is 0.815. The molecule has 6 aliphatic rings. The Balaban J connectivity index is 1.25. The summed E-state index contributed by atoms with van der Waals surface area (Å²) in [4.78, 5) is 42.3. The Morgan fingerprint density at radius 2 is 1.84 bits per heavy atom. The first-order valence-corrected chi connectivity index (χ1v) is 14.1. The number of carboxylic acid groups (broad SMARTS) is 1. The number of hydrogen-bond donors (Lipinski definition) is 2. The van der Waals surface area contributed by atoms with Gasteiger partial charge in [0, 0.05) is 38.2 Å². The highest BCUT2D eigenvalue weighted by Gasteiger charge is 2.60. The Morgan fingerprint density at radius 3 is 2.57 bits per heavy atom. The average Bonchev–Trinajstić information content (AvgIpc) is 2.90. The van der Waals surface area contributed by atoms with Crippen LogP contribution in [-0.4, -0.2) is 102 Å². The SMILES string of the molecule is O=C(CCN1CCOCC1)NC1C(F)CC2C(=O)C(C(=O)O)=CN3C4CC5CCCCC5CC4OC1C23. The molecule has 5 fully saturated rings. The molecule has 9 atom stereocenters. The Bertz CT molecular complexity index is 954. The van der Waals surface area contributed by atoms with E-state index in [4.69, 9.17) is 9.47 Å². The summed E-state index contributed by atoms with van der Waals surface area (Å²) >= 11 is 0. The van der Waals surface area contributed by atoms with Crippen LogP contribution in [0.25, 0.3) is 0 Å². The van der Waals surface area contributed by atoms with Crippen LogP contribution in [0, 0.1) is 17.8 Å². The van der Waals surface area contributed by atoms with E-state index in [1.165, 1.54) is 25.5 Å². The number of morpholine rings is 2. The minimum atomic E-state index is -1.49. The number of fused-ring (bicyclic) bond motifs is 3. The maximum absolute atomic E-state index is 15.7. The zero-order valence-corrected chi connectivity index (χ0v) is 21.2. The van der Waals surface area contributed by atoms with Gasteiger partial charge in [-0.25, -0.2) is 9.18 Å². The molecule has 9 unspecified atom stereocenters. The van der Waals surface area contributed by atoms with Crippen molar-refractivity contribution in [3.8, 4) is 0 Å². The highest BCUT2D eigenvalue weighted by molar-refractivity contribution is 6.18. The molecule has 3 aliphatic heterocycles. The summed E-state index contributed by atoms with van der Waals surface area (Å²) in [6, 6.07) is -1.36. The topological polar surface area (TPSA) is 108 Å². The number of carbonyl (C=O) groups excluding carboxylic acids is 2. The molecule has 2 N–H and O–H groups in total. The average molecular weight is 520 g/mol. The lowest BCUT2D eigenvalue weighted by Gasteiger charge is -2.60. The van der Waals surface area contributed by atoms with E-state index < -0.39 is 42.0 Å². The number of hydrogen-bond acceptors (Lipinski definition) is 7. The summed E-state index contributed by atoms with van der Waals surface area (Å²) in [6.45, 7) is 3.43. The van der Waals surface area contributed by atoms with Gasteiger partial charge in [-0.05, 0) is 31.1 Å².